The molecule has 0 unspecified atom stereocenters. The first-order valence-corrected chi connectivity index (χ1v) is 11.2. The zero-order valence-corrected chi connectivity index (χ0v) is 19.6. The van der Waals surface area contributed by atoms with Gasteiger partial charge in [0.15, 0.2) is 0 Å². The van der Waals surface area contributed by atoms with Gasteiger partial charge in [-0.2, -0.15) is 0 Å². The predicted octanol–water partition coefficient (Wildman–Crippen LogP) is -1.29. The number of amides is 4. The van der Waals surface area contributed by atoms with E-state index in [2.05, 4.69) is 16.0 Å². The molecule has 1 aliphatic rings. The Kier molecular flexibility index (Phi) is 10.2. The predicted molar refractivity (Wildman–Crippen MR) is 121 cm³/mol. The molecule has 1 heterocycles. The molecule has 0 saturated carbocycles. The van der Waals surface area contributed by atoms with Gasteiger partial charge in [0.05, 0.1) is 32.0 Å². The van der Waals surface area contributed by atoms with Gasteiger partial charge in [-0.15, -0.1) is 0 Å². The third-order valence-corrected chi connectivity index (χ3v) is 5.24. The average molecular weight is 491 g/mol. The number of piperazine rings is 1. The number of carbonyl (C=O) groups excluding carboxylic acids is 6. The Morgan fingerprint density at radius 3 is 2.17 bits per heavy atom. The van der Waals surface area contributed by atoms with E-state index in [0.717, 1.165) is 5.56 Å². The van der Waals surface area contributed by atoms with E-state index in [4.69, 9.17) is 15.2 Å². The summed E-state index contributed by atoms with van der Waals surface area (Å²) in [6.07, 6.45) is -0.799. The van der Waals surface area contributed by atoms with Crippen molar-refractivity contribution in [2.24, 2.45) is 11.7 Å². The number of benzene rings is 1. The number of nitrogens with one attached hydrogen (secondary N) is 3. The Bertz CT molecular complexity index is 952. The van der Waals surface area contributed by atoms with E-state index in [0.29, 0.717) is 0 Å². The summed E-state index contributed by atoms with van der Waals surface area (Å²) in [7, 11) is 0. The topological polar surface area (TPSA) is 183 Å². The lowest BCUT2D eigenvalue weighted by Gasteiger charge is -2.30. The van der Waals surface area contributed by atoms with Crippen LogP contribution in [0.25, 0.3) is 0 Å². The lowest BCUT2D eigenvalue weighted by atomic mass is 9.94. The van der Waals surface area contributed by atoms with Crippen molar-refractivity contribution in [2.45, 2.75) is 51.2 Å². The summed E-state index contributed by atoms with van der Waals surface area (Å²) in [6.45, 7) is 3.12. The van der Waals surface area contributed by atoms with Crippen LogP contribution in [0.5, 0.6) is 0 Å². The molecule has 190 valence electrons. The molecule has 0 bridgehead atoms. The molecule has 0 spiro atoms. The van der Waals surface area contributed by atoms with Gasteiger partial charge >= 0.3 is 11.9 Å². The van der Waals surface area contributed by atoms with Crippen molar-refractivity contribution in [3.63, 3.8) is 0 Å². The highest BCUT2D eigenvalue weighted by Gasteiger charge is 2.39. The number of esters is 2. The number of rotatable bonds is 12. The standard InChI is InChI=1S/C23H30N4O8/c1-3-34-18(29)11-14(23(33)35-4-2)19(20(24)30)27-17(28)12-16-22(32)25-15(21(31)26-16)10-13-8-6-5-7-9-13/h5-9,14-16,19H,3-4,10-12H2,1-2H3,(H2,24,30)(H,25,32)(H,26,31)(H,27,28)/t14-,15+,16+,19+/m1/s1. The number of hydrogen-bond acceptors (Lipinski definition) is 8. The number of primary amides is 1. The molecular weight excluding hydrogens is 460 g/mol. The average Bonchev–Trinajstić information content (AvgIpc) is 2.80. The van der Waals surface area contributed by atoms with Crippen molar-refractivity contribution >= 4 is 35.6 Å². The molecule has 1 fully saturated rings. The Balaban J connectivity index is 2.04. The molecule has 1 aromatic rings. The summed E-state index contributed by atoms with van der Waals surface area (Å²) in [5, 5.41) is 7.37. The molecule has 0 radical (unpaired) electrons. The van der Waals surface area contributed by atoms with E-state index < -0.39 is 72.5 Å². The number of hydrogen-bond donors (Lipinski definition) is 4. The largest absolute Gasteiger partial charge is 0.466 e. The van der Waals surface area contributed by atoms with Crippen LogP contribution in [-0.4, -0.2) is 66.9 Å². The summed E-state index contributed by atoms with van der Waals surface area (Å²) in [5.74, 6) is -6.10. The molecule has 5 N–H and O–H groups in total. The van der Waals surface area contributed by atoms with Gasteiger partial charge in [0.1, 0.15) is 18.1 Å². The van der Waals surface area contributed by atoms with Crippen molar-refractivity contribution in [1.82, 2.24) is 16.0 Å². The Labute approximate surface area is 202 Å². The molecule has 35 heavy (non-hydrogen) atoms. The van der Waals surface area contributed by atoms with Gasteiger partial charge in [-0.25, -0.2) is 0 Å². The van der Waals surface area contributed by atoms with Gasteiger partial charge in [0, 0.05) is 6.42 Å². The van der Waals surface area contributed by atoms with E-state index in [1.54, 1.807) is 6.92 Å². The van der Waals surface area contributed by atoms with E-state index in [-0.39, 0.29) is 19.6 Å². The maximum atomic E-state index is 12.6. The number of carbonyl (C=O) groups is 6. The number of ether oxygens (including phenoxy) is 2. The second-order valence-corrected chi connectivity index (χ2v) is 7.83. The van der Waals surface area contributed by atoms with Crippen LogP contribution in [0.4, 0.5) is 0 Å². The monoisotopic (exact) mass is 490 g/mol. The van der Waals surface area contributed by atoms with Crippen molar-refractivity contribution in [1.29, 1.82) is 0 Å². The molecule has 1 aromatic carbocycles. The minimum Gasteiger partial charge on any atom is -0.466 e. The van der Waals surface area contributed by atoms with Crippen LogP contribution in [0.2, 0.25) is 0 Å². The molecule has 1 saturated heterocycles. The molecule has 4 amide bonds. The van der Waals surface area contributed by atoms with Crippen molar-refractivity contribution in [3.05, 3.63) is 35.9 Å². The molecule has 0 aromatic heterocycles. The van der Waals surface area contributed by atoms with E-state index in [1.807, 2.05) is 30.3 Å². The maximum absolute atomic E-state index is 12.6. The molecule has 2 rings (SSSR count). The summed E-state index contributed by atoms with van der Waals surface area (Å²) in [5.41, 5.74) is 6.23. The van der Waals surface area contributed by atoms with Crippen molar-refractivity contribution in [2.75, 3.05) is 13.2 Å². The SMILES string of the molecule is CCOC(=O)C[C@@H](C(=O)OCC)[C@H](NC(=O)C[C@@H]1NC(=O)[C@H](Cc2ccccc2)NC1=O)C(N)=O. The van der Waals surface area contributed by atoms with Crippen LogP contribution in [0, 0.1) is 5.92 Å². The van der Waals surface area contributed by atoms with Crippen LogP contribution in [-0.2, 0) is 44.7 Å². The van der Waals surface area contributed by atoms with Crippen molar-refractivity contribution < 1.29 is 38.2 Å². The first kappa shape index (κ1) is 27.3. The third kappa shape index (κ3) is 8.09. The van der Waals surface area contributed by atoms with Gasteiger partial charge in [-0.05, 0) is 19.4 Å². The van der Waals surface area contributed by atoms with Gasteiger partial charge in [-0.1, -0.05) is 30.3 Å². The highest BCUT2D eigenvalue weighted by Crippen LogP contribution is 2.15. The van der Waals surface area contributed by atoms with Crippen LogP contribution < -0.4 is 21.7 Å². The van der Waals surface area contributed by atoms with Gasteiger partial charge in [0.25, 0.3) is 0 Å². The minimum atomic E-state index is -1.60. The van der Waals surface area contributed by atoms with Gasteiger partial charge < -0.3 is 31.2 Å². The molecular formula is C23H30N4O8. The van der Waals surface area contributed by atoms with E-state index in [9.17, 15) is 28.8 Å². The summed E-state index contributed by atoms with van der Waals surface area (Å²) >= 11 is 0. The fourth-order valence-electron chi connectivity index (χ4n) is 3.59. The Morgan fingerprint density at radius 1 is 0.971 bits per heavy atom. The summed E-state index contributed by atoms with van der Waals surface area (Å²) < 4.78 is 9.73. The molecule has 1 aliphatic heterocycles. The maximum Gasteiger partial charge on any atom is 0.312 e. The lowest BCUT2D eigenvalue weighted by molar-refractivity contribution is -0.157. The zero-order chi connectivity index (χ0) is 26.0. The second kappa shape index (κ2) is 13.1. The van der Waals surface area contributed by atoms with Gasteiger partial charge in [0.2, 0.25) is 23.6 Å². The Hall–Kier alpha value is -3.96. The quantitative estimate of drug-likeness (QED) is 0.261. The van der Waals surface area contributed by atoms with E-state index >= 15 is 0 Å². The highest BCUT2D eigenvalue weighted by molar-refractivity contribution is 6.00. The Morgan fingerprint density at radius 2 is 1.57 bits per heavy atom. The molecule has 12 nitrogen and oxygen atoms in total. The smallest absolute Gasteiger partial charge is 0.312 e. The molecule has 4 atom stereocenters. The normalized spacial score (nSPS) is 18.9. The first-order chi connectivity index (χ1) is 16.7. The number of nitrogens with two attached hydrogens (primary N) is 1. The molecule has 12 heteroatoms. The zero-order valence-electron chi connectivity index (χ0n) is 19.6. The summed E-state index contributed by atoms with van der Waals surface area (Å²) in [6, 6.07) is 5.49. The van der Waals surface area contributed by atoms with E-state index in [1.165, 1.54) is 6.92 Å². The fourth-order valence-corrected chi connectivity index (χ4v) is 3.59. The van der Waals surface area contributed by atoms with Crippen LogP contribution in [0.1, 0.15) is 32.3 Å². The van der Waals surface area contributed by atoms with Crippen molar-refractivity contribution in [3.8, 4) is 0 Å². The fraction of sp³-hybridized carbons (Fsp3) is 0.478. The summed E-state index contributed by atoms with van der Waals surface area (Å²) in [4.78, 5) is 74.0. The van der Waals surface area contributed by atoms with Crippen LogP contribution in [0.3, 0.4) is 0 Å². The van der Waals surface area contributed by atoms with Gasteiger partial charge in [-0.3, -0.25) is 28.8 Å². The molecule has 0 aliphatic carbocycles. The van der Waals surface area contributed by atoms with Crippen LogP contribution in [0.15, 0.2) is 30.3 Å². The third-order valence-electron chi connectivity index (χ3n) is 5.24. The lowest BCUT2D eigenvalue weighted by Crippen LogP contribution is -2.63. The second-order valence-electron chi connectivity index (χ2n) is 7.83. The highest BCUT2D eigenvalue weighted by atomic mass is 16.5. The minimum absolute atomic E-state index is 0.0317. The van der Waals surface area contributed by atoms with Crippen LogP contribution >= 0.6 is 0 Å². The first-order valence-electron chi connectivity index (χ1n) is 11.2.